The number of ether oxygens (including phenoxy) is 1. The number of carbonyl (C=O) groups excluding carboxylic acids is 2. The van der Waals surface area contributed by atoms with Crippen molar-refractivity contribution in [2.45, 2.75) is 31.6 Å². The van der Waals surface area contributed by atoms with Crippen molar-refractivity contribution >= 4 is 35.0 Å². The number of likely N-dealkylation sites (tertiary alicyclic amines) is 1. The number of hydrogen-bond acceptors (Lipinski definition) is 5. The molecule has 3 aromatic rings. The van der Waals surface area contributed by atoms with Crippen molar-refractivity contribution < 1.29 is 19.4 Å². The Bertz CT molecular complexity index is 1350. The van der Waals surface area contributed by atoms with Gasteiger partial charge in [0.05, 0.1) is 12.2 Å². The molecule has 2 aliphatic heterocycles. The van der Waals surface area contributed by atoms with Crippen LogP contribution < -0.4 is 10.2 Å². The van der Waals surface area contributed by atoms with Gasteiger partial charge in [-0.3, -0.25) is 14.6 Å². The molecule has 8 heteroatoms. The fourth-order valence-electron chi connectivity index (χ4n) is 5.62. The van der Waals surface area contributed by atoms with Gasteiger partial charge in [0, 0.05) is 41.0 Å². The number of carbonyl (C=O) groups is 2. The van der Waals surface area contributed by atoms with Gasteiger partial charge in [-0.25, -0.2) is 4.79 Å². The number of halogens is 1. The lowest BCUT2D eigenvalue weighted by molar-refractivity contribution is -0.117. The summed E-state index contributed by atoms with van der Waals surface area (Å²) in [5, 5.41) is 14.4. The number of fused-ring (bicyclic) bond motifs is 4. The molecule has 2 N–H and O–H groups in total. The zero-order chi connectivity index (χ0) is 24.8. The maximum Gasteiger partial charge on any atom is 0.414 e. The van der Waals surface area contributed by atoms with E-state index in [9.17, 15) is 14.7 Å². The zero-order valence-corrected chi connectivity index (χ0v) is 20.4. The van der Waals surface area contributed by atoms with Gasteiger partial charge in [0.25, 0.3) is 0 Å². The molecule has 3 aliphatic rings. The summed E-state index contributed by atoms with van der Waals surface area (Å²) in [7, 11) is 0. The van der Waals surface area contributed by atoms with Crippen LogP contribution in [0.3, 0.4) is 0 Å². The summed E-state index contributed by atoms with van der Waals surface area (Å²) in [6.45, 7) is 1.88. The van der Waals surface area contributed by atoms with E-state index in [2.05, 4.69) is 10.2 Å². The quantitative estimate of drug-likeness (QED) is 0.526. The van der Waals surface area contributed by atoms with Crippen LogP contribution in [0.2, 0.25) is 5.02 Å². The maximum absolute atomic E-state index is 13.0. The largest absolute Gasteiger partial charge is 0.444 e. The van der Waals surface area contributed by atoms with E-state index < -0.39 is 6.10 Å². The van der Waals surface area contributed by atoms with Crippen LogP contribution in [-0.4, -0.2) is 47.7 Å². The monoisotopic (exact) mass is 503 g/mol. The normalized spacial score (nSPS) is 19.3. The molecule has 7 nitrogen and oxygen atoms in total. The van der Waals surface area contributed by atoms with E-state index in [1.165, 1.54) is 0 Å². The van der Waals surface area contributed by atoms with Gasteiger partial charge < -0.3 is 15.2 Å². The Labute approximate surface area is 214 Å². The SMILES string of the molecule is O=C(CN1CCC(N2C(=O)OCc3cc(Cl)ccc32)CC1)Nc1cccc2c1-c1ccccc1C2O. The van der Waals surface area contributed by atoms with Gasteiger partial charge in [-0.05, 0) is 53.8 Å². The number of piperidine rings is 1. The maximum atomic E-state index is 13.0. The second kappa shape index (κ2) is 9.24. The zero-order valence-electron chi connectivity index (χ0n) is 19.6. The Balaban J connectivity index is 1.11. The van der Waals surface area contributed by atoms with Gasteiger partial charge in [-0.15, -0.1) is 0 Å². The van der Waals surface area contributed by atoms with Crippen LogP contribution in [0.4, 0.5) is 16.2 Å². The number of aliphatic hydroxyl groups is 1. The molecule has 1 saturated heterocycles. The fourth-order valence-corrected chi connectivity index (χ4v) is 5.81. The van der Waals surface area contributed by atoms with Crippen LogP contribution in [0.25, 0.3) is 11.1 Å². The summed E-state index contributed by atoms with van der Waals surface area (Å²) in [6.07, 6.45) is 0.464. The Kier molecular flexibility index (Phi) is 5.91. The molecule has 36 heavy (non-hydrogen) atoms. The lowest BCUT2D eigenvalue weighted by Gasteiger charge is -2.40. The minimum Gasteiger partial charge on any atom is -0.444 e. The first-order chi connectivity index (χ1) is 17.5. The van der Waals surface area contributed by atoms with E-state index in [-0.39, 0.29) is 31.2 Å². The van der Waals surface area contributed by atoms with Crippen molar-refractivity contribution in [3.63, 3.8) is 0 Å². The molecule has 0 bridgehead atoms. The van der Waals surface area contributed by atoms with Gasteiger partial charge in [0.15, 0.2) is 0 Å². The minimum atomic E-state index is -0.685. The van der Waals surface area contributed by atoms with Gasteiger partial charge in [0.2, 0.25) is 5.91 Å². The number of hydrogen-bond donors (Lipinski definition) is 2. The van der Waals surface area contributed by atoms with Crippen molar-refractivity contribution in [3.8, 4) is 11.1 Å². The number of benzene rings is 3. The molecule has 1 atom stereocenters. The number of nitrogens with one attached hydrogen (secondary N) is 1. The van der Waals surface area contributed by atoms with Gasteiger partial charge in [-0.2, -0.15) is 0 Å². The lowest BCUT2D eigenvalue weighted by Crippen LogP contribution is -2.50. The number of amides is 2. The highest BCUT2D eigenvalue weighted by Gasteiger charge is 2.35. The number of rotatable bonds is 4. The van der Waals surface area contributed by atoms with E-state index >= 15 is 0 Å². The smallest absolute Gasteiger partial charge is 0.414 e. The summed E-state index contributed by atoms with van der Waals surface area (Å²) in [5.74, 6) is -0.0990. The lowest BCUT2D eigenvalue weighted by atomic mass is 10.0. The summed E-state index contributed by atoms with van der Waals surface area (Å²) in [6, 6.07) is 18.9. The molecule has 0 radical (unpaired) electrons. The topological polar surface area (TPSA) is 82.1 Å². The average Bonchev–Trinajstić information content (AvgIpc) is 3.18. The minimum absolute atomic E-state index is 0.00687. The molecule has 2 heterocycles. The first-order valence-corrected chi connectivity index (χ1v) is 12.5. The standard InChI is InChI=1S/C28H26ClN3O4/c29-18-8-9-24-17(14-18)16-36-28(35)32(24)19-10-12-31(13-11-19)15-25(33)30-23-7-3-6-22-26(23)20-4-1-2-5-21(20)27(22)34/h1-9,14,19,27,34H,10-13,15-16H2,(H,30,33). The van der Waals surface area contributed by atoms with Crippen LogP contribution in [0, 0.1) is 0 Å². The first kappa shape index (κ1) is 23.0. The summed E-state index contributed by atoms with van der Waals surface area (Å²) >= 11 is 6.12. The number of cyclic esters (lactones) is 1. The molecule has 2 amide bonds. The predicted molar refractivity (Wildman–Crippen MR) is 138 cm³/mol. The molecular formula is C28H26ClN3O4. The molecule has 1 fully saturated rings. The van der Waals surface area contributed by atoms with E-state index in [4.69, 9.17) is 16.3 Å². The first-order valence-electron chi connectivity index (χ1n) is 12.2. The second-order valence-electron chi connectivity index (χ2n) is 9.51. The van der Waals surface area contributed by atoms with E-state index in [0.717, 1.165) is 46.3 Å². The Morgan fingerprint density at radius 3 is 2.67 bits per heavy atom. The number of anilines is 2. The van der Waals surface area contributed by atoms with Crippen LogP contribution in [0.15, 0.2) is 60.7 Å². The molecule has 0 aromatic heterocycles. The molecule has 3 aromatic carbocycles. The Hall–Kier alpha value is -3.39. The third-order valence-corrected chi connectivity index (χ3v) is 7.56. The Morgan fingerprint density at radius 2 is 1.83 bits per heavy atom. The number of aliphatic hydroxyl groups excluding tert-OH is 1. The summed E-state index contributed by atoms with van der Waals surface area (Å²) in [5.41, 5.74) is 5.98. The highest BCUT2D eigenvalue weighted by molar-refractivity contribution is 6.30. The highest BCUT2D eigenvalue weighted by atomic mass is 35.5. The Morgan fingerprint density at radius 1 is 1.06 bits per heavy atom. The summed E-state index contributed by atoms with van der Waals surface area (Å²) < 4.78 is 5.38. The number of nitrogens with zero attached hydrogens (tertiary/aromatic N) is 2. The molecule has 0 saturated carbocycles. The molecule has 6 rings (SSSR count). The average molecular weight is 504 g/mol. The molecule has 1 unspecified atom stereocenters. The van der Waals surface area contributed by atoms with Crippen LogP contribution >= 0.6 is 11.6 Å². The fraction of sp³-hybridized carbons (Fsp3) is 0.286. The van der Waals surface area contributed by atoms with Crippen molar-refractivity contribution in [3.05, 3.63) is 82.4 Å². The van der Waals surface area contributed by atoms with Crippen molar-refractivity contribution in [1.29, 1.82) is 0 Å². The summed E-state index contributed by atoms with van der Waals surface area (Å²) in [4.78, 5) is 29.4. The van der Waals surface area contributed by atoms with Gasteiger partial charge in [0.1, 0.15) is 12.7 Å². The molecular weight excluding hydrogens is 478 g/mol. The van der Waals surface area contributed by atoms with E-state index in [1.54, 1.807) is 11.0 Å². The molecule has 184 valence electrons. The third-order valence-electron chi connectivity index (χ3n) is 7.33. The predicted octanol–water partition coefficient (Wildman–Crippen LogP) is 4.96. The van der Waals surface area contributed by atoms with E-state index in [0.29, 0.717) is 23.8 Å². The van der Waals surface area contributed by atoms with Crippen molar-refractivity contribution in [1.82, 2.24) is 4.90 Å². The van der Waals surface area contributed by atoms with E-state index in [1.807, 2.05) is 54.6 Å². The molecule has 0 spiro atoms. The highest BCUT2D eigenvalue weighted by Crippen LogP contribution is 2.46. The third kappa shape index (κ3) is 4.03. The molecule has 1 aliphatic carbocycles. The van der Waals surface area contributed by atoms with Crippen LogP contribution in [0.5, 0.6) is 0 Å². The van der Waals surface area contributed by atoms with Gasteiger partial charge >= 0.3 is 6.09 Å². The van der Waals surface area contributed by atoms with Crippen molar-refractivity contribution in [2.24, 2.45) is 0 Å². The van der Waals surface area contributed by atoms with Crippen molar-refractivity contribution in [2.75, 3.05) is 29.9 Å². The van der Waals surface area contributed by atoms with Crippen LogP contribution in [0.1, 0.15) is 35.6 Å². The van der Waals surface area contributed by atoms with Crippen LogP contribution in [-0.2, 0) is 16.1 Å². The van der Waals surface area contributed by atoms with Gasteiger partial charge in [-0.1, -0.05) is 48.0 Å². The second-order valence-corrected chi connectivity index (χ2v) is 9.95.